The van der Waals surface area contributed by atoms with E-state index in [1.165, 1.54) is 5.56 Å². The summed E-state index contributed by atoms with van der Waals surface area (Å²) in [5.41, 5.74) is 2.87. The molecule has 1 aliphatic carbocycles. The van der Waals surface area contributed by atoms with Gasteiger partial charge in [0.05, 0.1) is 13.7 Å². The third-order valence-electron chi connectivity index (χ3n) is 4.37. The molecular weight excluding hydrogens is 302 g/mol. The molecule has 4 heteroatoms. The van der Waals surface area contributed by atoms with Crippen LogP contribution in [-0.4, -0.2) is 25.7 Å². The van der Waals surface area contributed by atoms with Crippen molar-refractivity contribution < 1.29 is 14.3 Å². The average molecular weight is 325 g/mol. The molecule has 1 amide bonds. The van der Waals surface area contributed by atoms with Crippen LogP contribution in [0.3, 0.4) is 0 Å². The maximum atomic E-state index is 12.4. The van der Waals surface area contributed by atoms with Gasteiger partial charge in [-0.05, 0) is 55.7 Å². The van der Waals surface area contributed by atoms with Crippen LogP contribution in [0.4, 0.5) is 0 Å². The van der Waals surface area contributed by atoms with Crippen LogP contribution in [-0.2, 0) is 0 Å². The van der Waals surface area contributed by atoms with E-state index in [1.807, 2.05) is 38.1 Å². The number of benzene rings is 2. The zero-order chi connectivity index (χ0) is 17.1. The molecular formula is C20H23NO3. The molecule has 2 aromatic rings. The second kappa shape index (κ2) is 6.95. The predicted molar refractivity (Wildman–Crippen MR) is 94.0 cm³/mol. The van der Waals surface area contributed by atoms with Gasteiger partial charge in [0, 0.05) is 17.5 Å². The number of amides is 1. The van der Waals surface area contributed by atoms with Crippen LogP contribution < -0.4 is 14.8 Å². The van der Waals surface area contributed by atoms with Crippen LogP contribution in [0, 0.1) is 6.92 Å². The highest BCUT2D eigenvalue weighted by molar-refractivity contribution is 5.95. The molecule has 3 rings (SSSR count). The first-order chi connectivity index (χ1) is 11.6. The largest absolute Gasteiger partial charge is 0.496 e. The lowest BCUT2D eigenvalue weighted by Crippen LogP contribution is -2.26. The number of nitrogens with one attached hydrogen (secondary N) is 1. The zero-order valence-electron chi connectivity index (χ0n) is 14.3. The number of methoxy groups -OCH3 is 1. The van der Waals surface area contributed by atoms with Crippen LogP contribution in [0.1, 0.15) is 40.7 Å². The van der Waals surface area contributed by atoms with Gasteiger partial charge >= 0.3 is 0 Å². The number of aryl methyl sites for hydroxylation is 1. The monoisotopic (exact) mass is 325 g/mol. The standard InChI is InChI=1S/C20H23NO3/c1-4-24-16-7-5-6-14(10-16)17-12-18(17)21-20(22)15-9-8-13(2)19(11-15)23-3/h5-11,17-18H,4,12H2,1-3H3,(H,21,22)/t17-,18-/m1/s1. The van der Waals surface area contributed by atoms with Crippen molar-refractivity contribution in [3.05, 3.63) is 59.2 Å². The SMILES string of the molecule is CCOc1cccc([C@H]2C[C@H]2NC(=O)c2ccc(C)c(OC)c2)c1. The summed E-state index contributed by atoms with van der Waals surface area (Å²) in [5.74, 6) is 1.93. The van der Waals surface area contributed by atoms with E-state index in [4.69, 9.17) is 9.47 Å². The van der Waals surface area contributed by atoms with Crippen LogP contribution >= 0.6 is 0 Å². The number of hydrogen-bond acceptors (Lipinski definition) is 3. The van der Waals surface area contributed by atoms with Crippen LogP contribution in [0.15, 0.2) is 42.5 Å². The fourth-order valence-corrected chi connectivity index (χ4v) is 2.94. The smallest absolute Gasteiger partial charge is 0.251 e. The van der Waals surface area contributed by atoms with Crippen molar-refractivity contribution in [2.24, 2.45) is 0 Å². The van der Waals surface area contributed by atoms with Crippen molar-refractivity contribution in [3.8, 4) is 11.5 Å². The third-order valence-corrected chi connectivity index (χ3v) is 4.37. The van der Waals surface area contributed by atoms with Crippen molar-refractivity contribution >= 4 is 5.91 Å². The Balaban J connectivity index is 1.64. The summed E-state index contributed by atoms with van der Waals surface area (Å²) in [5, 5.41) is 3.11. The average Bonchev–Trinajstić information content (AvgIpc) is 3.35. The predicted octanol–water partition coefficient (Wildman–Crippen LogP) is 3.69. The van der Waals surface area contributed by atoms with Gasteiger partial charge < -0.3 is 14.8 Å². The van der Waals surface area contributed by atoms with Gasteiger partial charge in [0.2, 0.25) is 0 Å². The molecule has 0 radical (unpaired) electrons. The zero-order valence-corrected chi connectivity index (χ0v) is 14.3. The first-order valence-corrected chi connectivity index (χ1v) is 8.30. The number of carbonyl (C=O) groups excluding carboxylic acids is 1. The van der Waals surface area contributed by atoms with Crippen molar-refractivity contribution in [3.63, 3.8) is 0 Å². The molecule has 0 bridgehead atoms. The minimum atomic E-state index is -0.0539. The summed E-state index contributed by atoms with van der Waals surface area (Å²) in [4.78, 5) is 12.4. The second-order valence-electron chi connectivity index (χ2n) is 6.11. The maximum absolute atomic E-state index is 12.4. The normalized spacial score (nSPS) is 18.8. The van der Waals surface area contributed by atoms with Crippen LogP contribution in [0.5, 0.6) is 11.5 Å². The lowest BCUT2D eigenvalue weighted by Gasteiger charge is -2.09. The van der Waals surface area contributed by atoms with Gasteiger partial charge in [-0.15, -0.1) is 0 Å². The Kier molecular flexibility index (Phi) is 4.74. The lowest BCUT2D eigenvalue weighted by molar-refractivity contribution is 0.0950. The molecule has 2 aromatic carbocycles. The molecule has 1 aliphatic rings. The van der Waals surface area contributed by atoms with Crippen molar-refractivity contribution in [2.75, 3.05) is 13.7 Å². The summed E-state index contributed by atoms with van der Waals surface area (Å²) in [6.07, 6.45) is 0.963. The van der Waals surface area contributed by atoms with E-state index in [0.717, 1.165) is 23.5 Å². The van der Waals surface area contributed by atoms with Gasteiger partial charge in [-0.25, -0.2) is 0 Å². The number of ether oxygens (including phenoxy) is 2. The fourth-order valence-electron chi connectivity index (χ4n) is 2.94. The van der Waals surface area contributed by atoms with Gasteiger partial charge in [-0.1, -0.05) is 18.2 Å². The Morgan fingerprint density at radius 2 is 2.08 bits per heavy atom. The summed E-state index contributed by atoms with van der Waals surface area (Å²) in [7, 11) is 1.62. The molecule has 24 heavy (non-hydrogen) atoms. The quantitative estimate of drug-likeness (QED) is 0.881. The number of carbonyl (C=O) groups is 1. The molecule has 2 atom stereocenters. The van der Waals surface area contributed by atoms with Crippen molar-refractivity contribution in [1.29, 1.82) is 0 Å². The topological polar surface area (TPSA) is 47.6 Å². The van der Waals surface area contributed by atoms with Gasteiger partial charge in [0.25, 0.3) is 5.91 Å². The van der Waals surface area contributed by atoms with E-state index in [2.05, 4.69) is 17.4 Å². The first-order valence-electron chi connectivity index (χ1n) is 8.30. The molecule has 0 heterocycles. The third kappa shape index (κ3) is 3.53. The maximum Gasteiger partial charge on any atom is 0.251 e. The molecule has 4 nitrogen and oxygen atoms in total. The molecule has 0 aromatic heterocycles. The summed E-state index contributed by atoms with van der Waals surface area (Å²) >= 11 is 0. The van der Waals surface area contributed by atoms with E-state index in [1.54, 1.807) is 13.2 Å². The molecule has 1 fully saturated rings. The van der Waals surface area contributed by atoms with Crippen LogP contribution in [0.25, 0.3) is 0 Å². The van der Waals surface area contributed by atoms with E-state index in [-0.39, 0.29) is 11.9 Å². The highest BCUT2D eigenvalue weighted by Crippen LogP contribution is 2.42. The van der Waals surface area contributed by atoms with E-state index < -0.39 is 0 Å². The summed E-state index contributed by atoms with van der Waals surface area (Å²) in [6, 6.07) is 13.8. The minimum absolute atomic E-state index is 0.0539. The molecule has 0 spiro atoms. The van der Waals surface area contributed by atoms with Crippen LogP contribution in [0.2, 0.25) is 0 Å². The Bertz CT molecular complexity index is 741. The molecule has 0 saturated heterocycles. The van der Waals surface area contributed by atoms with Gasteiger partial charge in [0.15, 0.2) is 0 Å². The molecule has 126 valence electrons. The second-order valence-corrected chi connectivity index (χ2v) is 6.11. The van der Waals surface area contributed by atoms with E-state index in [9.17, 15) is 4.79 Å². The Labute approximate surface area is 142 Å². The minimum Gasteiger partial charge on any atom is -0.496 e. The fraction of sp³-hybridized carbons (Fsp3) is 0.350. The Hall–Kier alpha value is -2.49. The van der Waals surface area contributed by atoms with Gasteiger partial charge in [-0.2, -0.15) is 0 Å². The summed E-state index contributed by atoms with van der Waals surface area (Å²) in [6.45, 7) is 4.59. The van der Waals surface area contributed by atoms with E-state index in [0.29, 0.717) is 18.1 Å². The molecule has 0 unspecified atom stereocenters. The molecule has 1 N–H and O–H groups in total. The number of hydrogen-bond donors (Lipinski definition) is 1. The first kappa shape index (κ1) is 16.4. The Morgan fingerprint density at radius 1 is 1.25 bits per heavy atom. The number of rotatable bonds is 6. The Morgan fingerprint density at radius 3 is 2.83 bits per heavy atom. The summed E-state index contributed by atoms with van der Waals surface area (Å²) < 4.78 is 10.8. The molecule has 1 saturated carbocycles. The van der Waals surface area contributed by atoms with Crippen molar-refractivity contribution in [1.82, 2.24) is 5.32 Å². The highest BCUT2D eigenvalue weighted by atomic mass is 16.5. The molecule has 0 aliphatic heterocycles. The van der Waals surface area contributed by atoms with Crippen molar-refractivity contribution in [2.45, 2.75) is 32.2 Å². The van der Waals surface area contributed by atoms with Gasteiger partial charge in [-0.3, -0.25) is 4.79 Å². The van der Waals surface area contributed by atoms with Gasteiger partial charge in [0.1, 0.15) is 11.5 Å². The lowest BCUT2D eigenvalue weighted by atomic mass is 10.1. The highest BCUT2D eigenvalue weighted by Gasteiger charge is 2.39. The van der Waals surface area contributed by atoms with E-state index >= 15 is 0 Å².